The van der Waals surface area contributed by atoms with Gasteiger partial charge in [0.05, 0.1) is 13.2 Å². The maximum atomic E-state index is 12.3. The lowest BCUT2D eigenvalue weighted by atomic mass is 10.0. The zero-order valence-corrected chi connectivity index (χ0v) is 40.3. The topological polar surface area (TPSA) is 55.8 Å². The molecular weight excluding hydrogens is 725 g/mol. The van der Waals surface area contributed by atoms with Gasteiger partial charge in [-0.05, 0) is 64.2 Å². The first-order chi connectivity index (χ1) is 29.2. The Morgan fingerprint density at radius 3 is 0.966 bits per heavy atom. The van der Waals surface area contributed by atoms with E-state index in [9.17, 15) is 9.90 Å². The van der Waals surface area contributed by atoms with Crippen LogP contribution in [0.3, 0.4) is 0 Å². The van der Waals surface area contributed by atoms with Gasteiger partial charge in [-0.3, -0.25) is 4.79 Å². The van der Waals surface area contributed by atoms with E-state index in [0.717, 1.165) is 19.3 Å². The van der Waals surface area contributed by atoms with Crippen LogP contribution in [0.4, 0.5) is 0 Å². The molecule has 0 spiro atoms. The van der Waals surface area contributed by atoms with E-state index in [1.165, 1.54) is 257 Å². The molecule has 1 unspecified atom stereocenters. The molecule has 0 aliphatic carbocycles. The molecule has 0 heterocycles. The van der Waals surface area contributed by atoms with Gasteiger partial charge in [0.25, 0.3) is 0 Å². The van der Waals surface area contributed by atoms with Gasteiger partial charge in [-0.25, -0.2) is 0 Å². The van der Waals surface area contributed by atoms with Crippen LogP contribution in [-0.2, 0) is 14.3 Å². The molecule has 0 radical (unpaired) electrons. The average molecular weight is 831 g/mol. The number of allylic oxidation sites excluding steroid dienone is 4. The number of aliphatic hydroxyl groups is 1. The van der Waals surface area contributed by atoms with Crippen molar-refractivity contribution in [3.05, 3.63) is 24.3 Å². The fraction of sp³-hybridized carbons (Fsp3) is 0.909. The van der Waals surface area contributed by atoms with Crippen molar-refractivity contribution in [2.75, 3.05) is 19.8 Å². The molecule has 59 heavy (non-hydrogen) atoms. The fourth-order valence-electron chi connectivity index (χ4n) is 8.20. The zero-order chi connectivity index (χ0) is 42.6. The van der Waals surface area contributed by atoms with Crippen LogP contribution >= 0.6 is 0 Å². The Morgan fingerprint density at radius 2 is 0.661 bits per heavy atom. The van der Waals surface area contributed by atoms with Gasteiger partial charge < -0.3 is 14.6 Å². The molecule has 0 rings (SSSR count). The van der Waals surface area contributed by atoms with Gasteiger partial charge in [0.15, 0.2) is 0 Å². The predicted octanol–water partition coefficient (Wildman–Crippen LogP) is 18.2. The zero-order valence-electron chi connectivity index (χ0n) is 40.3. The van der Waals surface area contributed by atoms with E-state index in [1.54, 1.807) is 0 Å². The van der Waals surface area contributed by atoms with Crippen LogP contribution in [-0.4, -0.2) is 37.0 Å². The molecule has 0 aliphatic heterocycles. The molecule has 0 aliphatic rings. The Hall–Kier alpha value is -1.13. The molecule has 0 bridgehead atoms. The van der Waals surface area contributed by atoms with Crippen molar-refractivity contribution in [2.24, 2.45) is 0 Å². The predicted molar refractivity (Wildman–Crippen MR) is 261 cm³/mol. The summed E-state index contributed by atoms with van der Waals surface area (Å²) in [6, 6.07) is 0. The molecular formula is C55H106O4. The van der Waals surface area contributed by atoms with E-state index in [4.69, 9.17) is 9.47 Å². The normalized spacial score (nSPS) is 12.4. The molecule has 0 amide bonds. The summed E-state index contributed by atoms with van der Waals surface area (Å²) >= 11 is 0. The van der Waals surface area contributed by atoms with Crippen LogP contribution in [0.1, 0.15) is 296 Å². The maximum Gasteiger partial charge on any atom is 0.306 e. The molecule has 4 heteroatoms. The van der Waals surface area contributed by atoms with Gasteiger partial charge in [0, 0.05) is 13.0 Å². The lowest BCUT2D eigenvalue weighted by molar-refractivity contribution is -0.154. The first-order valence-electron chi connectivity index (χ1n) is 26.9. The third-order valence-electron chi connectivity index (χ3n) is 12.2. The molecule has 1 N–H and O–H groups in total. The van der Waals surface area contributed by atoms with Gasteiger partial charge in [-0.15, -0.1) is 0 Å². The minimum Gasteiger partial charge on any atom is -0.457 e. The molecule has 1 atom stereocenters. The van der Waals surface area contributed by atoms with Gasteiger partial charge in [0.1, 0.15) is 6.10 Å². The highest BCUT2D eigenvalue weighted by Crippen LogP contribution is 2.16. The van der Waals surface area contributed by atoms with Gasteiger partial charge in [-0.1, -0.05) is 250 Å². The van der Waals surface area contributed by atoms with Crippen molar-refractivity contribution in [3.63, 3.8) is 0 Å². The molecule has 0 saturated heterocycles. The number of rotatable bonds is 51. The number of hydrogen-bond donors (Lipinski definition) is 1. The van der Waals surface area contributed by atoms with E-state index in [0.29, 0.717) is 19.6 Å². The van der Waals surface area contributed by atoms with Crippen molar-refractivity contribution < 1.29 is 19.4 Å². The van der Waals surface area contributed by atoms with Crippen molar-refractivity contribution in [1.82, 2.24) is 0 Å². The van der Waals surface area contributed by atoms with Crippen LogP contribution in [0.2, 0.25) is 0 Å². The Kier molecular flexibility index (Phi) is 52.0. The number of unbranched alkanes of at least 4 members (excludes halogenated alkanes) is 39. The Labute approximate surface area is 370 Å². The number of aliphatic hydroxyl groups excluding tert-OH is 1. The minimum absolute atomic E-state index is 0.168. The summed E-state index contributed by atoms with van der Waals surface area (Å²) in [6.07, 6.45) is 67.1. The second-order valence-corrected chi connectivity index (χ2v) is 18.3. The third kappa shape index (κ3) is 51.1. The monoisotopic (exact) mass is 831 g/mol. The lowest BCUT2D eigenvalue weighted by Gasteiger charge is -2.16. The van der Waals surface area contributed by atoms with E-state index >= 15 is 0 Å². The first-order valence-corrected chi connectivity index (χ1v) is 26.9. The Bertz CT molecular complexity index is 837. The molecule has 0 aromatic rings. The van der Waals surface area contributed by atoms with E-state index in [-0.39, 0.29) is 12.6 Å². The van der Waals surface area contributed by atoms with Crippen LogP contribution in [0, 0.1) is 0 Å². The standard InChI is InChI=1S/C55H106O4/c1-3-5-7-9-11-13-15-17-19-21-23-25-27-28-29-30-32-34-36-38-40-42-44-46-48-50-55(57)59-54(52-56)53-58-51-49-47-45-43-41-39-37-35-33-31-26-24-22-20-18-16-14-12-10-8-6-4-2/h21-24,54,56H,3-20,25-53H2,1-2H3/b23-21-,24-22-. The summed E-state index contributed by atoms with van der Waals surface area (Å²) < 4.78 is 11.2. The van der Waals surface area contributed by atoms with Crippen molar-refractivity contribution in [3.8, 4) is 0 Å². The summed E-state index contributed by atoms with van der Waals surface area (Å²) in [5.41, 5.74) is 0. The highest BCUT2D eigenvalue weighted by Gasteiger charge is 2.13. The summed E-state index contributed by atoms with van der Waals surface area (Å²) in [5, 5.41) is 9.66. The summed E-state index contributed by atoms with van der Waals surface area (Å²) in [5.74, 6) is -0.195. The first kappa shape index (κ1) is 57.9. The maximum absolute atomic E-state index is 12.3. The number of carbonyl (C=O) groups excluding carboxylic acids is 1. The minimum atomic E-state index is -0.533. The Morgan fingerprint density at radius 1 is 0.390 bits per heavy atom. The SMILES string of the molecule is CCCCCCCCCC/C=C\CCCCCCCCCCCCCCCC(=O)OC(CO)COCCCCCCCCCCCC/C=C\CCCCCCCCCC. The van der Waals surface area contributed by atoms with Crippen LogP contribution < -0.4 is 0 Å². The van der Waals surface area contributed by atoms with Crippen molar-refractivity contribution in [1.29, 1.82) is 0 Å². The van der Waals surface area contributed by atoms with Gasteiger partial charge in [0.2, 0.25) is 0 Å². The smallest absolute Gasteiger partial charge is 0.306 e. The highest BCUT2D eigenvalue weighted by atomic mass is 16.6. The summed E-state index contributed by atoms with van der Waals surface area (Å²) in [6.45, 7) is 5.39. The average Bonchev–Trinajstić information content (AvgIpc) is 3.24. The van der Waals surface area contributed by atoms with Crippen LogP contribution in [0.5, 0.6) is 0 Å². The molecule has 0 aromatic heterocycles. The fourth-order valence-corrected chi connectivity index (χ4v) is 8.20. The number of hydrogen-bond acceptors (Lipinski definition) is 4. The number of carbonyl (C=O) groups is 1. The molecule has 0 saturated carbocycles. The van der Waals surface area contributed by atoms with Crippen LogP contribution in [0.25, 0.3) is 0 Å². The highest BCUT2D eigenvalue weighted by molar-refractivity contribution is 5.69. The molecule has 0 aromatic carbocycles. The van der Waals surface area contributed by atoms with Crippen molar-refractivity contribution >= 4 is 5.97 Å². The molecule has 350 valence electrons. The lowest BCUT2D eigenvalue weighted by Crippen LogP contribution is -2.27. The second-order valence-electron chi connectivity index (χ2n) is 18.3. The summed E-state index contributed by atoms with van der Waals surface area (Å²) in [4.78, 5) is 12.3. The van der Waals surface area contributed by atoms with E-state index in [1.807, 2.05) is 0 Å². The van der Waals surface area contributed by atoms with E-state index < -0.39 is 6.10 Å². The number of esters is 1. The van der Waals surface area contributed by atoms with Crippen molar-refractivity contribution in [2.45, 2.75) is 302 Å². The largest absolute Gasteiger partial charge is 0.457 e. The van der Waals surface area contributed by atoms with Gasteiger partial charge >= 0.3 is 5.97 Å². The molecule has 4 nitrogen and oxygen atoms in total. The quantitative estimate of drug-likeness (QED) is 0.0377. The number of ether oxygens (including phenoxy) is 2. The van der Waals surface area contributed by atoms with E-state index in [2.05, 4.69) is 38.2 Å². The summed E-state index contributed by atoms with van der Waals surface area (Å²) in [7, 11) is 0. The second kappa shape index (κ2) is 53.0. The Balaban J connectivity index is 3.36. The van der Waals surface area contributed by atoms with Crippen LogP contribution in [0.15, 0.2) is 24.3 Å². The molecule has 0 fully saturated rings. The van der Waals surface area contributed by atoms with Gasteiger partial charge in [-0.2, -0.15) is 0 Å². The third-order valence-corrected chi connectivity index (χ3v) is 12.2.